The Kier molecular flexibility index (Phi) is 6.53. The molecule has 164 valence electrons. The topological polar surface area (TPSA) is 73.6 Å². The zero-order valence-electron chi connectivity index (χ0n) is 18.6. The zero-order chi connectivity index (χ0) is 21.1. The molecule has 0 atom stereocenters. The first-order valence-corrected chi connectivity index (χ1v) is 11.3. The van der Waals surface area contributed by atoms with Crippen LogP contribution < -0.4 is 9.80 Å². The van der Waals surface area contributed by atoms with Crippen molar-refractivity contribution in [2.75, 3.05) is 55.7 Å². The van der Waals surface area contributed by atoms with E-state index in [1.54, 1.807) is 12.4 Å². The van der Waals surface area contributed by atoms with E-state index in [-0.39, 0.29) is 0 Å². The maximum atomic E-state index is 9.42. The Morgan fingerprint density at radius 2 is 1.53 bits per heavy atom. The van der Waals surface area contributed by atoms with Crippen molar-refractivity contribution in [3.8, 4) is 0 Å². The minimum Gasteiger partial charge on any atom is -0.396 e. The molecule has 0 unspecified atom stereocenters. The highest BCUT2D eigenvalue weighted by Gasteiger charge is 2.26. The lowest BCUT2D eigenvalue weighted by molar-refractivity contribution is 0.202. The molecule has 8 nitrogen and oxygen atoms in total. The molecular weight excluding hydrogens is 378 g/mol. The maximum Gasteiger partial charge on any atom is 0.172 e. The molecule has 2 aliphatic rings. The summed E-state index contributed by atoms with van der Waals surface area (Å²) in [5.41, 5.74) is 3.82. The molecule has 2 aliphatic heterocycles. The predicted octanol–water partition coefficient (Wildman–Crippen LogP) is 1.84. The van der Waals surface area contributed by atoms with Crippen molar-refractivity contribution in [2.24, 2.45) is 5.92 Å². The van der Waals surface area contributed by atoms with Crippen LogP contribution in [0.3, 0.4) is 0 Å². The average Bonchev–Trinajstić information content (AvgIpc) is 3.07. The van der Waals surface area contributed by atoms with Gasteiger partial charge in [0.15, 0.2) is 11.6 Å². The monoisotopic (exact) mass is 413 g/mol. The molecular formula is C22H35N7O. The third-order valence-corrected chi connectivity index (χ3v) is 6.72. The molecule has 0 aromatic carbocycles. The second-order valence-corrected chi connectivity index (χ2v) is 8.54. The molecule has 0 radical (unpaired) electrons. The normalized spacial score (nSPS) is 18.9. The van der Waals surface area contributed by atoms with Crippen LogP contribution in [0.2, 0.25) is 0 Å². The lowest BCUT2D eigenvalue weighted by Crippen LogP contribution is -2.47. The number of rotatable bonds is 6. The van der Waals surface area contributed by atoms with Gasteiger partial charge >= 0.3 is 0 Å². The van der Waals surface area contributed by atoms with Gasteiger partial charge < -0.3 is 14.9 Å². The fourth-order valence-corrected chi connectivity index (χ4v) is 4.71. The van der Waals surface area contributed by atoms with Crippen LogP contribution >= 0.6 is 0 Å². The molecule has 0 amide bonds. The van der Waals surface area contributed by atoms with Crippen LogP contribution in [-0.4, -0.2) is 75.6 Å². The SMILES string of the molecule is CCn1nc(C)c(CN2CCN(c3nccnc3N3CCC(CO)CC3)CC2)c1C. The lowest BCUT2D eigenvalue weighted by Gasteiger charge is -2.38. The first-order valence-electron chi connectivity index (χ1n) is 11.3. The molecule has 4 heterocycles. The molecule has 0 spiro atoms. The zero-order valence-corrected chi connectivity index (χ0v) is 18.6. The van der Waals surface area contributed by atoms with Gasteiger partial charge in [0.05, 0.1) is 5.69 Å². The Hall–Kier alpha value is -2.19. The molecule has 4 rings (SSSR count). The number of nitrogens with zero attached hydrogens (tertiary/aromatic N) is 7. The van der Waals surface area contributed by atoms with Crippen LogP contribution in [0.25, 0.3) is 0 Å². The van der Waals surface area contributed by atoms with Crippen molar-refractivity contribution >= 4 is 11.6 Å². The van der Waals surface area contributed by atoms with Gasteiger partial charge in [-0.05, 0) is 39.5 Å². The summed E-state index contributed by atoms with van der Waals surface area (Å²) in [5, 5.41) is 14.1. The standard InChI is InChI=1S/C22H35N7O/c1-4-29-18(3)20(17(2)25-29)15-26-11-13-28(14-12-26)22-21(23-7-8-24-22)27-9-5-19(16-30)6-10-27/h7-8,19,30H,4-6,9-16H2,1-3H3. The van der Waals surface area contributed by atoms with Crippen LogP contribution in [0.5, 0.6) is 0 Å². The number of hydrogen-bond donors (Lipinski definition) is 1. The van der Waals surface area contributed by atoms with Gasteiger partial charge in [-0.25, -0.2) is 9.97 Å². The van der Waals surface area contributed by atoms with E-state index >= 15 is 0 Å². The van der Waals surface area contributed by atoms with Crippen molar-refractivity contribution in [2.45, 2.75) is 46.7 Å². The summed E-state index contributed by atoms with van der Waals surface area (Å²) in [4.78, 5) is 16.6. The van der Waals surface area contributed by atoms with E-state index < -0.39 is 0 Å². The molecule has 30 heavy (non-hydrogen) atoms. The first kappa shape index (κ1) is 21.1. The van der Waals surface area contributed by atoms with Gasteiger partial charge in [0.25, 0.3) is 0 Å². The van der Waals surface area contributed by atoms with Gasteiger partial charge in [-0.3, -0.25) is 9.58 Å². The molecule has 0 saturated carbocycles. The third kappa shape index (κ3) is 4.30. The minimum absolute atomic E-state index is 0.291. The first-order chi connectivity index (χ1) is 14.6. The minimum atomic E-state index is 0.291. The Morgan fingerprint density at radius 3 is 2.07 bits per heavy atom. The number of piperazine rings is 1. The fraction of sp³-hybridized carbons (Fsp3) is 0.682. The number of aromatic nitrogens is 4. The van der Waals surface area contributed by atoms with Crippen LogP contribution in [0, 0.1) is 19.8 Å². The number of aryl methyl sites for hydroxylation is 2. The highest BCUT2D eigenvalue weighted by molar-refractivity contribution is 5.62. The van der Waals surface area contributed by atoms with Crippen molar-refractivity contribution in [1.82, 2.24) is 24.6 Å². The van der Waals surface area contributed by atoms with E-state index in [0.717, 1.165) is 82.5 Å². The lowest BCUT2D eigenvalue weighted by atomic mass is 9.98. The van der Waals surface area contributed by atoms with Crippen molar-refractivity contribution < 1.29 is 5.11 Å². The summed E-state index contributed by atoms with van der Waals surface area (Å²) in [6.07, 6.45) is 5.64. The largest absolute Gasteiger partial charge is 0.396 e. The smallest absolute Gasteiger partial charge is 0.172 e. The number of piperidine rings is 1. The van der Waals surface area contributed by atoms with Gasteiger partial charge in [-0.2, -0.15) is 5.10 Å². The highest BCUT2D eigenvalue weighted by Crippen LogP contribution is 2.29. The van der Waals surface area contributed by atoms with Crippen molar-refractivity contribution in [3.63, 3.8) is 0 Å². The number of aliphatic hydroxyl groups excluding tert-OH is 1. The molecule has 2 saturated heterocycles. The summed E-state index contributed by atoms with van der Waals surface area (Å²) in [5.74, 6) is 2.43. The highest BCUT2D eigenvalue weighted by atomic mass is 16.3. The average molecular weight is 414 g/mol. The number of hydrogen-bond acceptors (Lipinski definition) is 7. The fourth-order valence-electron chi connectivity index (χ4n) is 4.71. The Balaban J connectivity index is 1.40. The quantitative estimate of drug-likeness (QED) is 0.775. The Morgan fingerprint density at radius 1 is 0.933 bits per heavy atom. The molecule has 2 aromatic rings. The van der Waals surface area contributed by atoms with E-state index in [1.165, 1.54) is 11.3 Å². The molecule has 0 bridgehead atoms. The molecule has 0 aliphatic carbocycles. The summed E-state index contributed by atoms with van der Waals surface area (Å²) in [7, 11) is 0. The van der Waals surface area contributed by atoms with Gasteiger partial charge in [-0.15, -0.1) is 0 Å². The van der Waals surface area contributed by atoms with Gasteiger partial charge in [0.1, 0.15) is 0 Å². The van der Waals surface area contributed by atoms with E-state index in [4.69, 9.17) is 4.98 Å². The maximum absolute atomic E-state index is 9.42. The molecule has 8 heteroatoms. The summed E-state index contributed by atoms with van der Waals surface area (Å²) in [6.45, 7) is 14.4. The van der Waals surface area contributed by atoms with E-state index in [0.29, 0.717) is 12.5 Å². The molecule has 1 N–H and O–H groups in total. The van der Waals surface area contributed by atoms with Crippen molar-refractivity contribution in [3.05, 3.63) is 29.3 Å². The van der Waals surface area contributed by atoms with E-state index in [9.17, 15) is 5.11 Å². The van der Waals surface area contributed by atoms with Gasteiger partial charge in [0.2, 0.25) is 0 Å². The summed E-state index contributed by atoms with van der Waals surface area (Å²) in [6, 6.07) is 0. The van der Waals surface area contributed by atoms with Gasteiger partial charge in [0, 0.05) is 82.6 Å². The second-order valence-electron chi connectivity index (χ2n) is 8.54. The number of aliphatic hydroxyl groups is 1. The van der Waals surface area contributed by atoms with Crippen LogP contribution in [0.4, 0.5) is 11.6 Å². The third-order valence-electron chi connectivity index (χ3n) is 6.72. The molecule has 2 fully saturated rings. The summed E-state index contributed by atoms with van der Waals surface area (Å²) >= 11 is 0. The van der Waals surface area contributed by atoms with E-state index in [1.807, 2.05) is 0 Å². The van der Waals surface area contributed by atoms with Gasteiger partial charge in [-0.1, -0.05) is 0 Å². The second kappa shape index (κ2) is 9.31. The Labute approximate surface area is 179 Å². The van der Waals surface area contributed by atoms with E-state index in [2.05, 4.69) is 50.2 Å². The molecule has 2 aromatic heterocycles. The van der Waals surface area contributed by atoms with Crippen LogP contribution in [-0.2, 0) is 13.1 Å². The van der Waals surface area contributed by atoms with Crippen LogP contribution in [0.15, 0.2) is 12.4 Å². The van der Waals surface area contributed by atoms with Crippen LogP contribution in [0.1, 0.15) is 36.7 Å². The Bertz CT molecular complexity index is 836. The summed E-state index contributed by atoms with van der Waals surface area (Å²) < 4.78 is 2.10. The number of anilines is 2. The van der Waals surface area contributed by atoms with Crippen molar-refractivity contribution in [1.29, 1.82) is 0 Å². The predicted molar refractivity (Wildman–Crippen MR) is 119 cm³/mol.